The number of benzene rings is 1. The number of oxime groups is 1. The van der Waals surface area contributed by atoms with Crippen LogP contribution in [0.25, 0.3) is 6.08 Å². The van der Waals surface area contributed by atoms with E-state index in [0.29, 0.717) is 10.7 Å². The van der Waals surface area contributed by atoms with E-state index in [-0.39, 0.29) is 29.0 Å². The molecule has 2 atom stereocenters. The van der Waals surface area contributed by atoms with Gasteiger partial charge in [-0.25, -0.2) is 4.79 Å². The number of hydrogen-bond donors (Lipinski definition) is 3. The number of aromatic nitrogens is 2. The molecule has 1 unspecified atom stereocenters. The summed E-state index contributed by atoms with van der Waals surface area (Å²) in [6, 6.07) is 8.65. The minimum absolute atomic E-state index is 0.0200. The Hall–Kier alpha value is -3.36. The van der Waals surface area contributed by atoms with Crippen molar-refractivity contribution < 1.29 is 24.3 Å². The number of nitrogens with one attached hydrogen (secondary N) is 1. The van der Waals surface area contributed by atoms with E-state index in [1.165, 1.54) is 28.4 Å². The SMILES string of the molecule is CCON=C(C(=O)NC1C(=O)N2C(C(=O)O)=C(SC=Cc3ccccc3)CS[C@@H]12)c1nsc(N)n1. The molecule has 4 rings (SSSR count). The summed E-state index contributed by atoms with van der Waals surface area (Å²) in [6.45, 7) is 1.90. The predicted molar refractivity (Wildman–Crippen MR) is 135 cm³/mol. The maximum Gasteiger partial charge on any atom is 0.353 e. The lowest BCUT2D eigenvalue weighted by atomic mass is 10.0. The van der Waals surface area contributed by atoms with E-state index >= 15 is 0 Å². The quantitative estimate of drug-likeness (QED) is 0.247. The van der Waals surface area contributed by atoms with Gasteiger partial charge in [-0.05, 0) is 24.0 Å². The van der Waals surface area contributed by atoms with Gasteiger partial charge in [-0.15, -0.1) is 11.8 Å². The molecule has 1 saturated heterocycles. The average Bonchev–Trinajstić information content (AvgIpc) is 3.28. The fourth-order valence-electron chi connectivity index (χ4n) is 3.29. The van der Waals surface area contributed by atoms with Crippen LogP contribution in [0, 0.1) is 0 Å². The second-order valence-corrected chi connectivity index (χ2v) is 9.97. The number of carboxylic acids is 1. The van der Waals surface area contributed by atoms with Gasteiger partial charge in [0.2, 0.25) is 11.5 Å². The Morgan fingerprint density at radius 1 is 1.40 bits per heavy atom. The monoisotopic (exact) mass is 532 g/mol. The number of rotatable bonds is 9. The molecule has 14 heteroatoms. The van der Waals surface area contributed by atoms with Gasteiger partial charge in [-0.2, -0.15) is 9.36 Å². The molecule has 1 aromatic heterocycles. The number of carbonyl (C=O) groups is 3. The minimum Gasteiger partial charge on any atom is -0.477 e. The molecule has 35 heavy (non-hydrogen) atoms. The Balaban J connectivity index is 1.49. The van der Waals surface area contributed by atoms with Gasteiger partial charge in [0.15, 0.2) is 5.13 Å². The fourth-order valence-corrected chi connectivity index (χ4v) is 6.09. The summed E-state index contributed by atoms with van der Waals surface area (Å²) in [6.07, 6.45) is 1.87. The van der Waals surface area contributed by atoms with Crippen LogP contribution in [0.5, 0.6) is 0 Å². The highest BCUT2D eigenvalue weighted by Crippen LogP contribution is 2.43. The zero-order valence-electron chi connectivity index (χ0n) is 18.3. The molecule has 2 aliphatic rings. The number of carbonyl (C=O) groups excluding carboxylic acids is 2. The van der Waals surface area contributed by atoms with Gasteiger partial charge < -0.3 is 21.0 Å². The summed E-state index contributed by atoms with van der Waals surface area (Å²) in [5.41, 5.74) is 6.28. The molecule has 0 spiro atoms. The molecular weight excluding hydrogens is 512 g/mol. The molecule has 0 bridgehead atoms. The minimum atomic E-state index is -1.20. The molecule has 0 saturated carbocycles. The summed E-state index contributed by atoms with van der Waals surface area (Å²) < 4.78 is 3.98. The van der Waals surface area contributed by atoms with Crippen molar-refractivity contribution in [1.29, 1.82) is 0 Å². The van der Waals surface area contributed by atoms with E-state index < -0.39 is 29.2 Å². The predicted octanol–water partition coefficient (Wildman–Crippen LogP) is 1.96. The lowest BCUT2D eigenvalue weighted by molar-refractivity contribution is -0.150. The third kappa shape index (κ3) is 5.33. The van der Waals surface area contributed by atoms with Crippen LogP contribution in [0.2, 0.25) is 0 Å². The average molecular weight is 533 g/mol. The van der Waals surface area contributed by atoms with Crippen LogP contribution in [0.4, 0.5) is 5.13 Å². The van der Waals surface area contributed by atoms with E-state index in [0.717, 1.165) is 17.1 Å². The van der Waals surface area contributed by atoms with Gasteiger partial charge in [0.25, 0.3) is 11.8 Å². The number of fused-ring (bicyclic) bond motifs is 1. The number of thioether (sulfide) groups is 2. The number of nitrogen functional groups attached to an aromatic ring is 1. The third-order valence-corrected chi connectivity index (χ3v) is 7.75. The van der Waals surface area contributed by atoms with E-state index in [9.17, 15) is 19.5 Å². The molecule has 0 aliphatic carbocycles. The summed E-state index contributed by atoms with van der Waals surface area (Å²) >= 11 is 3.51. The number of hydrogen-bond acceptors (Lipinski definition) is 11. The van der Waals surface area contributed by atoms with Crippen LogP contribution in [0.1, 0.15) is 18.3 Å². The van der Waals surface area contributed by atoms with Crippen molar-refractivity contribution in [2.24, 2.45) is 5.16 Å². The molecule has 0 radical (unpaired) electrons. The van der Waals surface area contributed by atoms with Crippen LogP contribution >= 0.6 is 35.1 Å². The van der Waals surface area contributed by atoms with Crippen LogP contribution < -0.4 is 11.1 Å². The van der Waals surface area contributed by atoms with Crippen molar-refractivity contribution in [3.63, 3.8) is 0 Å². The van der Waals surface area contributed by atoms with Crippen molar-refractivity contribution >= 4 is 69.8 Å². The molecule has 1 aromatic carbocycles. The number of nitrogens with zero attached hydrogens (tertiary/aromatic N) is 4. The largest absolute Gasteiger partial charge is 0.477 e. The molecule has 1 fully saturated rings. The molecule has 182 valence electrons. The molecule has 4 N–H and O–H groups in total. The van der Waals surface area contributed by atoms with E-state index in [4.69, 9.17) is 10.6 Å². The van der Waals surface area contributed by atoms with Crippen molar-refractivity contribution in [3.05, 3.63) is 57.7 Å². The van der Waals surface area contributed by atoms with Gasteiger partial charge in [0.05, 0.1) is 0 Å². The third-order valence-electron chi connectivity index (χ3n) is 4.85. The van der Waals surface area contributed by atoms with Crippen LogP contribution in [-0.4, -0.2) is 66.6 Å². The zero-order chi connectivity index (χ0) is 24.9. The number of nitrogens with two attached hydrogens (primary N) is 1. The molecular formula is C21H20N6O5S3. The molecule has 11 nitrogen and oxygen atoms in total. The second kappa shape index (κ2) is 10.9. The highest BCUT2D eigenvalue weighted by molar-refractivity contribution is 8.08. The van der Waals surface area contributed by atoms with Crippen LogP contribution in [0.3, 0.4) is 0 Å². The maximum absolute atomic E-state index is 12.9. The lowest BCUT2D eigenvalue weighted by Gasteiger charge is -2.49. The first-order chi connectivity index (χ1) is 16.9. The van der Waals surface area contributed by atoms with E-state index in [1.807, 2.05) is 36.4 Å². The summed E-state index contributed by atoms with van der Waals surface area (Å²) in [7, 11) is 0. The Labute approximate surface area is 212 Å². The summed E-state index contributed by atoms with van der Waals surface area (Å²) in [5, 5.41) is 17.6. The highest BCUT2D eigenvalue weighted by Gasteiger charge is 2.54. The van der Waals surface area contributed by atoms with Crippen molar-refractivity contribution in [2.75, 3.05) is 18.1 Å². The molecule has 3 heterocycles. The van der Waals surface area contributed by atoms with E-state index in [2.05, 4.69) is 19.8 Å². The second-order valence-electron chi connectivity index (χ2n) is 7.08. The number of anilines is 1. The fraction of sp³-hybridized carbons (Fsp3) is 0.238. The first-order valence-electron chi connectivity index (χ1n) is 10.3. The van der Waals surface area contributed by atoms with Gasteiger partial charge in [0.1, 0.15) is 23.7 Å². The number of amides is 2. The summed E-state index contributed by atoms with van der Waals surface area (Å²) in [5.74, 6) is -2.10. The zero-order valence-corrected chi connectivity index (χ0v) is 20.7. The highest BCUT2D eigenvalue weighted by atomic mass is 32.2. The first-order valence-corrected chi connectivity index (χ1v) is 13.0. The molecule has 2 aromatic rings. The Morgan fingerprint density at radius 3 is 2.83 bits per heavy atom. The van der Waals surface area contributed by atoms with Gasteiger partial charge in [0, 0.05) is 22.2 Å². The smallest absolute Gasteiger partial charge is 0.353 e. The van der Waals surface area contributed by atoms with E-state index in [1.54, 1.807) is 12.3 Å². The maximum atomic E-state index is 12.9. The summed E-state index contributed by atoms with van der Waals surface area (Å²) in [4.78, 5) is 48.5. The van der Waals surface area contributed by atoms with Crippen LogP contribution in [0.15, 0.2) is 51.5 Å². The molecule has 2 aliphatic heterocycles. The number of aliphatic carboxylic acids is 1. The van der Waals surface area contributed by atoms with Crippen molar-refractivity contribution in [1.82, 2.24) is 19.6 Å². The Kier molecular flexibility index (Phi) is 7.73. The Morgan fingerprint density at radius 2 is 2.17 bits per heavy atom. The molecule has 2 amide bonds. The first kappa shape index (κ1) is 24.8. The van der Waals surface area contributed by atoms with Crippen LogP contribution in [-0.2, 0) is 19.2 Å². The van der Waals surface area contributed by atoms with Gasteiger partial charge in [-0.1, -0.05) is 47.2 Å². The normalized spacial score (nSPS) is 20.0. The number of carboxylic acid groups (broad SMARTS) is 1. The van der Waals surface area contributed by atoms with Crippen molar-refractivity contribution in [3.8, 4) is 0 Å². The lowest BCUT2D eigenvalue weighted by Crippen LogP contribution is -2.71. The van der Waals surface area contributed by atoms with Gasteiger partial charge >= 0.3 is 5.97 Å². The van der Waals surface area contributed by atoms with Gasteiger partial charge in [-0.3, -0.25) is 14.5 Å². The van der Waals surface area contributed by atoms with Crippen molar-refractivity contribution in [2.45, 2.75) is 18.3 Å². The Bertz CT molecular complexity index is 1230. The topological polar surface area (TPSA) is 160 Å². The number of β-lactam (4-membered cyclic amide) rings is 1. The standard InChI is InChI=1S/C21H20N6O5S3/c1-2-32-25-13(16-24-21(22)35-26-16)17(28)23-14-18(29)27-15(20(30)31)12(10-34-19(14)27)33-9-8-11-6-4-3-5-7-11/h3-9,14,19H,2,10H2,1H3,(H,23,28)(H,30,31)(H2,22,24,26)/t14?,19-/m0/s1.